The quantitative estimate of drug-likeness (QED) is 0.892. The fourth-order valence-electron chi connectivity index (χ4n) is 1.57. The summed E-state index contributed by atoms with van der Waals surface area (Å²) in [6.45, 7) is 2.80. The van der Waals surface area contributed by atoms with E-state index in [1.54, 1.807) is 17.4 Å². The molecular weight excluding hydrogens is 237 g/mol. The first-order chi connectivity index (χ1) is 8.19. The van der Waals surface area contributed by atoms with E-state index in [1.165, 1.54) is 29.0 Å². The van der Waals surface area contributed by atoms with Crippen molar-refractivity contribution in [3.05, 3.63) is 45.9 Å². The highest BCUT2D eigenvalue weighted by atomic mass is 32.1. The molecule has 0 aliphatic rings. The van der Waals surface area contributed by atoms with Crippen LogP contribution in [0.2, 0.25) is 0 Å². The predicted molar refractivity (Wildman–Crippen MR) is 69.3 cm³/mol. The Morgan fingerprint density at radius 3 is 2.76 bits per heavy atom. The maximum atomic E-state index is 13.0. The van der Waals surface area contributed by atoms with E-state index in [1.807, 2.05) is 0 Å². The van der Waals surface area contributed by atoms with Gasteiger partial charge in [-0.2, -0.15) is 0 Å². The minimum Gasteiger partial charge on any atom is -0.494 e. The minimum absolute atomic E-state index is 0.292. The molecule has 2 nitrogen and oxygen atoms in total. The van der Waals surface area contributed by atoms with Crippen molar-refractivity contribution < 1.29 is 9.13 Å². The maximum Gasteiger partial charge on any atom is 0.144 e. The smallest absolute Gasteiger partial charge is 0.144 e. The number of hydrogen-bond acceptors (Lipinski definition) is 3. The Hall–Kier alpha value is -1.55. The van der Waals surface area contributed by atoms with Gasteiger partial charge in [0.1, 0.15) is 11.6 Å². The monoisotopic (exact) mass is 251 g/mol. The van der Waals surface area contributed by atoms with Crippen LogP contribution in [0.1, 0.15) is 9.75 Å². The van der Waals surface area contributed by atoms with Crippen molar-refractivity contribution >= 4 is 17.0 Å². The Labute approximate surface area is 104 Å². The van der Waals surface area contributed by atoms with E-state index in [-0.39, 0.29) is 5.82 Å². The van der Waals surface area contributed by atoms with E-state index in [4.69, 9.17) is 4.74 Å². The molecule has 0 saturated heterocycles. The summed E-state index contributed by atoms with van der Waals surface area (Å²) in [7, 11) is 1.54. The number of aryl methyl sites for hydroxylation is 1. The molecule has 0 saturated carbocycles. The van der Waals surface area contributed by atoms with Gasteiger partial charge in [0.2, 0.25) is 0 Å². The Kier molecular flexibility index (Phi) is 3.64. The summed E-state index contributed by atoms with van der Waals surface area (Å²) in [5, 5.41) is 3.24. The third-order valence-electron chi connectivity index (χ3n) is 2.41. The van der Waals surface area contributed by atoms with Crippen LogP contribution in [0.3, 0.4) is 0 Å². The van der Waals surface area contributed by atoms with Gasteiger partial charge in [0.05, 0.1) is 12.8 Å². The fourth-order valence-corrected chi connectivity index (χ4v) is 2.40. The summed E-state index contributed by atoms with van der Waals surface area (Å²) in [6, 6.07) is 8.66. The van der Waals surface area contributed by atoms with Crippen LogP contribution in [0.5, 0.6) is 5.75 Å². The zero-order valence-corrected chi connectivity index (χ0v) is 10.6. The SMILES string of the molecule is COc1cc(F)ccc1NCc1ccc(C)s1. The first kappa shape index (κ1) is 11.9. The van der Waals surface area contributed by atoms with Crippen LogP contribution in [0, 0.1) is 12.7 Å². The molecule has 1 N–H and O–H groups in total. The molecule has 0 fully saturated rings. The third-order valence-corrected chi connectivity index (χ3v) is 3.41. The number of ether oxygens (including phenoxy) is 1. The van der Waals surface area contributed by atoms with Crippen molar-refractivity contribution in [3.8, 4) is 5.75 Å². The van der Waals surface area contributed by atoms with E-state index in [0.29, 0.717) is 5.75 Å². The van der Waals surface area contributed by atoms with Gasteiger partial charge in [-0.15, -0.1) is 11.3 Å². The second-order valence-corrected chi connectivity index (χ2v) is 5.08. The highest BCUT2D eigenvalue weighted by molar-refractivity contribution is 7.11. The van der Waals surface area contributed by atoms with Gasteiger partial charge in [0.15, 0.2) is 0 Å². The number of hydrogen-bond donors (Lipinski definition) is 1. The third kappa shape index (κ3) is 2.97. The minimum atomic E-state index is -0.292. The van der Waals surface area contributed by atoms with Crippen molar-refractivity contribution in [2.75, 3.05) is 12.4 Å². The van der Waals surface area contributed by atoms with Crippen LogP contribution in [0.4, 0.5) is 10.1 Å². The van der Waals surface area contributed by atoms with Gasteiger partial charge in [-0.1, -0.05) is 0 Å². The number of benzene rings is 1. The van der Waals surface area contributed by atoms with E-state index in [9.17, 15) is 4.39 Å². The van der Waals surface area contributed by atoms with Crippen LogP contribution in [0.15, 0.2) is 30.3 Å². The van der Waals surface area contributed by atoms with E-state index >= 15 is 0 Å². The molecule has 0 bridgehead atoms. The first-order valence-corrected chi connectivity index (χ1v) is 6.13. The Morgan fingerprint density at radius 2 is 2.12 bits per heavy atom. The molecule has 2 rings (SSSR count). The predicted octanol–water partition coefficient (Wildman–Crippen LogP) is 3.82. The van der Waals surface area contributed by atoms with Gasteiger partial charge in [-0.25, -0.2) is 4.39 Å². The largest absolute Gasteiger partial charge is 0.494 e. The summed E-state index contributed by atoms with van der Waals surface area (Å²) in [5.74, 6) is 0.234. The zero-order chi connectivity index (χ0) is 12.3. The lowest BCUT2D eigenvalue weighted by molar-refractivity contribution is 0.413. The number of methoxy groups -OCH3 is 1. The lowest BCUT2D eigenvalue weighted by Crippen LogP contribution is -2.00. The molecule has 2 aromatic rings. The molecule has 1 heterocycles. The highest BCUT2D eigenvalue weighted by Gasteiger charge is 2.04. The molecule has 4 heteroatoms. The topological polar surface area (TPSA) is 21.3 Å². The number of rotatable bonds is 4. The molecule has 90 valence electrons. The average molecular weight is 251 g/mol. The van der Waals surface area contributed by atoms with Crippen molar-refractivity contribution in [1.29, 1.82) is 0 Å². The van der Waals surface area contributed by atoms with Crippen LogP contribution in [-0.4, -0.2) is 7.11 Å². The average Bonchev–Trinajstić information content (AvgIpc) is 2.73. The summed E-state index contributed by atoms with van der Waals surface area (Å²) in [6.07, 6.45) is 0. The van der Waals surface area contributed by atoms with E-state index in [2.05, 4.69) is 24.4 Å². The molecule has 0 aliphatic heterocycles. The summed E-state index contributed by atoms with van der Waals surface area (Å²) < 4.78 is 18.1. The first-order valence-electron chi connectivity index (χ1n) is 5.32. The zero-order valence-electron chi connectivity index (χ0n) is 9.79. The second kappa shape index (κ2) is 5.19. The van der Waals surface area contributed by atoms with Gasteiger partial charge < -0.3 is 10.1 Å². The van der Waals surface area contributed by atoms with Crippen molar-refractivity contribution in [2.45, 2.75) is 13.5 Å². The fraction of sp³-hybridized carbons (Fsp3) is 0.231. The van der Waals surface area contributed by atoms with E-state index in [0.717, 1.165) is 12.2 Å². The summed E-state index contributed by atoms with van der Waals surface area (Å²) >= 11 is 1.75. The normalized spacial score (nSPS) is 10.3. The van der Waals surface area contributed by atoms with Crippen LogP contribution < -0.4 is 10.1 Å². The molecule has 0 aliphatic carbocycles. The molecule has 0 atom stereocenters. The Bertz CT molecular complexity index is 510. The van der Waals surface area contributed by atoms with Gasteiger partial charge in [-0.3, -0.25) is 0 Å². The number of nitrogens with one attached hydrogen (secondary N) is 1. The van der Waals surface area contributed by atoms with Crippen molar-refractivity contribution in [3.63, 3.8) is 0 Å². The van der Waals surface area contributed by atoms with Gasteiger partial charge >= 0.3 is 0 Å². The standard InChI is InChI=1S/C13H14FNOS/c1-9-3-5-11(17-9)8-15-12-6-4-10(14)7-13(12)16-2/h3-7,15H,8H2,1-2H3. The summed E-state index contributed by atoms with van der Waals surface area (Å²) in [5.41, 5.74) is 0.806. The number of anilines is 1. The van der Waals surface area contributed by atoms with Crippen LogP contribution in [-0.2, 0) is 6.54 Å². The highest BCUT2D eigenvalue weighted by Crippen LogP contribution is 2.26. The maximum absolute atomic E-state index is 13.0. The van der Waals surface area contributed by atoms with E-state index < -0.39 is 0 Å². The van der Waals surface area contributed by atoms with Crippen LogP contribution >= 0.6 is 11.3 Å². The molecule has 0 spiro atoms. The molecule has 1 aromatic heterocycles. The lowest BCUT2D eigenvalue weighted by atomic mass is 10.2. The molecular formula is C13H14FNOS. The Balaban J connectivity index is 2.08. The Morgan fingerprint density at radius 1 is 1.29 bits per heavy atom. The van der Waals surface area contributed by atoms with Gasteiger partial charge in [0.25, 0.3) is 0 Å². The molecule has 0 amide bonds. The lowest BCUT2D eigenvalue weighted by Gasteiger charge is -2.10. The molecule has 17 heavy (non-hydrogen) atoms. The number of thiophene rings is 1. The number of halogens is 1. The molecule has 0 radical (unpaired) electrons. The summed E-state index contributed by atoms with van der Waals surface area (Å²) in [4.78, 5) is 2.53. The molecule has 1 aromatic carbocycles. The molecule has 0 unspecified atom stereocenters. The van der Waals surface area contributed by atoms with Gasteiger partial charge in [-0.05, 0) is 31.2 Å². The second-order valence-electron chi connectivity index (χ2n) is 3.71. The van der Waals surface area contributed by atoms with Crippen LogP contribution in [0.25, 0.3) is 0 Å². The van der Waals surface area contributed by atoms with Crippen molar-refractivity contribution in [2.24, 2.45) is 0 Å². The van der Waals surface area contributed by atoms with Gasteiger partial charge in [0, 0.05) is 22.4 Å². The van der Waals surface area contributed by atoms with Crippen molar-refractivity contribution in [1.82, 2.24) is 0 Å².